The molecular formula is C18H18ClNO4. The van der Waals surface area contributed by atoms with Crippen LogP contribution in [0.4, 0.5) is 5.69 Å². The summed E-state index contributed by atoms with van der Waals surface area (Å²) in [6, 6.07) is 14.0. The number of carbonyl (C=O) groups excluding carboxylic acids is 1. The monoisotopic (exact) mass is 347 g/mol. The Morgan fingerprint density at radius 1 is 1.21 bits per heavy atom. The van der Waals surface area contributed by atoms with Crippen molar-refractivity contribution in [1.82, 2.24) is 0 Å². The number of esters is 1. The van der Waals surface area contributed by atoms with E-state index in [-0.39, 0.29) is 23.5 Å². The van der Waals surface area contributed by atoms with Crippen LogP contribution in [0.15, 0.2) is 48.5 Å². The Balaban J connectivity index is 2.09. The quantitative estimate of drug-likeness (QED) is 0.323. The standard InChI is InChI=1S/C18H18ClNO4/c1-2-24-18(21)12-15(19)11-13-7-9-14(10-8-13)16-5-3-4-6-17(16)20(22)23/h3-10,15H,2,11-12H2,1H3. The van der Waals surface area contributed by atoms with E-state index in [2.05, 4.69) is 0 Å². The predicted octanol–water partition coefficient (Wildman–Crippen LogP) is 4.36. The topological polar surface area (TPSA) is 69.4 Å². The van der Waals surface area contributed by atoms with Gasteiger partial charge in [-0.15, -0.1) is 11.6 Å². The molecule has 0 aliphatic rings. The molecule has 1 atom stereocenters. The molecule has 0 N–H and O–H groups in total. The molecule has 0 spiro atoms. The lowest BCUT2D eigenvalue weighted by molar-refractivity contribution is -0.384. The fourth-order valence-electron chi connectivity index (χ4n) is 2.43. The molecule has 126 valence electrons. The Morgan fingerprint density at radius 3 is 2.50 bits per heavy atom. The molecule has 0 fully saturated rings. The SMILES string of the molecule is CCOC(=O)CC(Cl)Cc1ccc(-c2ccccc2[N+](=O)[O-])cc1. The number of rotatable bonds is 7. The van der Waals surface area contributed by atoms with E-state index in [1.807, 2.05) is 24.3 Å². The minimum Gasteiger partial charge on any atom is -0.466 e. The molecule has 6 heteroatoms. The number of para-hydroxylation sites is 1. The largest absolute Gasteiger partial charge is 0.466 e. The third-order valence-electron chi connectivity index (χ3n) is 3.52. The van der Waals surface area contributed by atoms with Crippen molar-refractivity contribution in [2.24, 2.45) is 0 Å². The second kappa shape index (κ2) is 8.45. The average molecular weight is 348 g/mol. The third-order valence-corrected chi connectivity index (χ3v) is 3.82. The van der Waals surface area contributed by atoms with Crippen LogP contribution in [0.2, 0.25) is 0 Å². The van der Waals surface area contributed by atoms with Gasteiger partial charge in [-0.3, -0.25) is 14.9 Å². The Bertz CT molecular complexity index is 715. The lowest BCUT2D eigenvalue weighted by Crippen LogP contribution is -2.13. The number of hydrogen-bond acceptors (Lipinski definition) is 4. The number of nitro benzene ring substituents is 1. The van der Waals surface area contributed by atoms with E-state index in [0.717, 1.165) is 11.1 Å². The molecule has 0 aliphatic heterocycles. The summed E-state index contributed by atoms with van der Waals surface area (Å²) in [5.74, 6) is -0.311. The molecule has 0 heterocycles. The van der Waals surface area contributed by atoms with Crippen molar-refractivity contribution in [1.29, 1.82) is 0 Å². The van der Waals surface area contributed by atoms with E-state index < -0.39 is 4.92 Å². The summed E-state index contributed by atoms with van der Waals surface area (Å²) in [6.45, 7) is 2.09. The van der Waals surface area contributed by atoms with Crippen LogP contribution >= 0.6 is 11.6 Å². The summed E-state index contributed by atoms with van der Waals surface area (Å²) < 4.78 is 4.88. The maximum absolute atomic E-state index is 11.4. The molecule has 5 nitrogen and oxygen atoms in total. The second-order valence-electron chi connectivity index (χ2n) is 5.28. The first-order chi connectivity index (χ1) is 11.5. The van der Waals surface area contributed by atoms with Crippen molar-refractivity contribution in [2.75, 3.05) is 6.61 Å². The summed E-state index contributed by atoms with van der Waals surface area (Å²) in [6.07, 6.45) is 0.679. The van der Waals surface area contributed by atoms with Crippen LogP contribution in [0.5, 0.6) is 0 Å². The van der Waals surface area contributed by atoms with Crippen molar-refractivity contribution in [2.45, 2.75) is 25.1 Å². The average Bonchev–Trinajstić information content (AvgIpc) is 2.55. The van der Waals surface area contributed by atoms with Crippen molar-refractivity contribution < 1.29 is 14.5 Å². The molecule has 0 saturated carbocycles. The molecule has 0 bridgehead atoms. The molecule has 2 aromatic rings. The zero-order valence-electron chi connectivity index (χ0n) is 13.3. The summed E-state index contributed by atoms with van der Waals surface area (Å²) in [5, 5.41) is 10.8. The minimum atomic E-state index is -0.391. The first kappa shape index (κ1) is 17.9. The van der Waals surface area contributed by atoms with Crippen LogP contribution in [0.3, 0.4) is 0 Å². The fourth-order valence-corrected chi connectivity index (χ4v) is 2.73. The van der Waals surface area contributed by atoms with E-state index >= 15 is 0 Å². The molecule has 0 radical (unpaired) electrons. The highest BCUT2D eigenvalue weighted by Gasteiger charge is 2.15. The molecule has 2 rings (SSSR count). The summed E-state index contributed by atoms with van der Waals surface area (Å²) in [7, 11) is 0. The van der Waals surface area contributed by atoms with Crippen molar-refractivity contribution in [3.8, 4) is 11.1 Å². The fraction of sp³-hybridized carbons (Fsp3) is 0.278. The summed E-state index contributed by atoms with van der Waals surface area (Å²) in [5.41, 5.74) is 2.37. The molecule has 0 saturated heterocycles. The first-order valence-electron chi connectivity index (χ1n) is 7.63. The van der Waals surface area contributed by atoms with E-state index in [0.29, 0.717) is 18.6 Å². The van der Waals surface area contributed by atoms with Crippen molar-refractivity contribution in [3.63, 3.8) is 0 Å². The van der Waals surface area contributed by atoms with E-state index in [4.69, 9.17) is 16.3 Å². The van der Waals surface area contributed by atoms with E-state index in [1.165, 1.54) is 6.07 Å². The molecule has 2 aromatic carbocycles. The first-order valence-corrected chi connectivity index (χ1v) is 8.07. The number of benzene rings is 2. The maximum atomic E-state index is 11.4. The van der Waals surface area contributed by atoms with Gasteiger partial charge >= 0.3 is 5.97 Å². The highest BCUT2D eigenvalue weighted by molar-refractivity contribution is 6.21. The van der Waals surface area contributed by atoms with Gasteiger partial charge in [-0.2, -0.15) is 0 Å². The van der Waals surface area contributed by atoms with E-state index in [1.54, 1.807) is 25.1 Å². The number of carbonyl (C=O) groups is 1. The van der Waals surface area contributed by atoms with E-state index in [9.17, 15) is 14.9 Å². The predicted molar refractivity (Wildman–Crippen MR) is 93.1 cm³/mol. The Kier molecular flexibility index (Phi) is 6.32. The molecule has 0 aliphatic carbocycles. The van der Waals surface area contributed by atoms with Gasteiger partial charge in [0.2, 0.25) is 0 Å². The molecule has 0 aromatic heterocycles. The van der Waals surface area contributed by atoms with Gasteiger partial charge in [-0.1, -0.05) is 36.4 Å². The van der Waals surface area contributed by atoms with Crippen LogP contribution < -0.4 is 0 Å². The lowest BCUT2D eigenvalue weighted by Gasteiger charge is -2.10. The van der Waals surface area contributed by atoms with Crippen LogP contribution in [-0.2, 0) is 16.0 Å². The number of halogens is 1. The van der Waals surface area contributed by atoms with Gasteiger partial charge < -0.3 is 4.74 Å². The van der Waals surface area contributed by atoms with Gasteiger partial charge in [0, 0.05) is 11.4 Å². The highest BCUT2D eigenvalue weighted by Crippen LogP contribution is 2.29. The number of hydrogen-bond donors (Lipinski definition) is 0. The minimum absolute atomic E-state index is 0.0720. The van der Waals surface area contributed by atoms with Crippen molar-refractivity contribution >= 4 is 23.3 Å². The van der Waals surface area contributed by atoms with Crippen LogP contribution in [0.1, 0.15) is 18.9 Å². The normalized spacial score (nSPS) is 11.8. The molecule has 0 amide bonds. The van der Waals surface area contributed by atoms with Gasteiger partial charge in [-0.05, 0) is 30.5 Å². The van der Waals surface area contributed by atoms with Gasteiger partial charge in [0.05, 0.1) is 23.5 Å². The molecular weight excluding hydrogens is 330 g/mol. The van der Waals surface area contributed by atoms with Crippen LogP contribution in [0.25, 0.3) is 11.1 Å². The number of ether oxygens (including phenoxy) is 1. The maximum Gasteiger partial charge on any atom is 0.307 e. The van der Waals surface area contributed by atoms with Gasteiger partial charge in [-0.25, -0.2) is 0 Å². The summed E-state index contributed by atoms with van der Waals surface area (Å²) in [4.78, 5) is 22.1. The number of alkyl halides is 1. The number of nitrogens with zero attached hydrogens (tertiary/aromatic N) is 1. The zero-order chi connectivity index (χ0) is 17.5. The highest BCUT2D eigenvalue weighted by atomic mass is 35.5. The Hall–Kier alpha value is -2.40. The number of nitro groups is 1. The van der Waals surface area contributed by atoms with Crippen LogP contribution in [0, 0.1) is 10.1 Å². The molecule has 24 heavy (non-hydrogen) atoms. The smallest absolute Gasteiger partial charge is 0.307 e. The Morgan fingerprint density at radius 2 is 1.88 bits per heavy atom. The zero-order valence-corrected chi connectivity index (χ0v) is 14.0. The third kappa shape index (κ3) is 4.80. The second-order valence-corrected chi connectivity index (χ2v) is 5.90. The Labute approximate surface area is 145 Å². The molecule has 1 unspecified atom stereocenters. The van der Waals surface area contributed by atoms with Gasteiger partial charge in [0.1, 0.15) is 0 Å². The summed E-state index contributed by atoms with van der Waals surface area (Å²) >= 11 is 6.18. The lowest BCUT2D eigenvalue weighted by atomic mass is 10.0. The van der Waals surface area contributed by atoms with Crippen molar-refractivity contribution in [3.05, 3.63) is 64.2 Å². The van der Waals surface area contributed by atoms with Gasteiger partial charge in [0.15, 0.2) is 0 Å². The van der Waals surface area contributed by atoms with Crippen LogP contribution in [-0.4, -0.2) is 22.9 Å². The van der Waals surface area contributed by atoms with Gasteiger partial charge in [0.25, 0.3) is 5.69 Å².